The fourth-order valence-electron chi connectivity index (χ4n) is 2.43. The first-order valence-corrected chi connectivity index (χ1v) is 8.06. The Morgan fingerprint density at radius 3 is 2.50 bits per heavy atom. The highest BCUT2D eigenvalue weighted by molar-refractivity contribution is 9.10. The molecule has 0 heterocycles. The highest BCUT2D eigenvalue weighted by Gasteiger charge is 2.21. The summed E-state index contributed by atoms with van der Waals surface area (Å²) < 4.78 is 6.23. The number of carbonyl (C=O) groups is 1. The van der Waals surface area contributed by atoms with Crippen molar-refractivity contribution in [2.24, 2.45) is 0 Å². The SMILES string of the molecule is CCN(C(=O)c1ccc(Br)cc1)C(C)c1cccc(OC)c1. The van der Waals surface area contributed by atoms with Crippen LogP contribution in [-0.4, -0.2) is 24.5 Å². The second kappa shape index (κ2) is 7.45. The fraction of sp³-hybridized carbons (Fsp3) is 0.278. The molecule has 2 rings (SSSR count). The zero-order valence-corrected chi connectivity index (χ0v) is 14.6. The Morgan fingerprint density at radius 1 is 1.23 bits per heavy atom. The Labute approximate surface area is 140 Å². The second-order valence-electron chi connectivity index (χ2n) is 5.05. The Hall–Kier alpha value is -1.81. The number of carbonyl (C=O) groups excluding carboxylic acids is 1. The van der Waals surface area contributed by atoms with Gasteiger partial charge in [0.25, 0.3) is 5.91 Å². The summed E-state index contributed by atoms with van der Waals surface area (Å²) in [6.07, 6.45) is 0. The molecule has 0 aliphatic rings. The summed E-state index contributed by atoms with van der Waals surface area (Å²) in [6.45, 7) is 4.68. The van der Waals surface area contributed by atoms with Gasteiger partial charge in [0.05, 0.1) is 13.2 Å². The molecule has 0 N–H and O–H groups in total. The minimum absolute atomic E-state index is 0.0174. The lowest BCUT2D eigenvalue weighted by Crippen LogP contribution is -2.33. The van der Waals surface area contributed by atoms with E-state index in [1.807, 2.05) is 67.3 Å². The molecule has 4 heteroatoms. The molecule has 1 unspecified atom stereocenters. The van der Waals surface area contributed by atoms with Gasteiger partial charge in [-0.2, -0.15) is 0 Å². The van der Waals surface area contributed by atoms with Crippen LogP contribution in [0.3, 0.4) is 0 Å². The van der Waals surface area contributed by atoms with Crippen LogP contribution in [0.1, 0.15) is 35.8 Å². The first-order valence-electron chi connectivity index (χ1n) is 7.27. The summed E-state index contributed by atoms with van der Waals surface area (Å²) in [4.78, 5) is 14.6. The first kappa shape index (κ1) is 16.6. The minimum atomic E-state index is -0.0174. The van der Waals surface area contributed by atoms with E-state index in [1.54, 1.807) is 7.11 Å². The molecule has 2 aromatic rings. The third-order valence-corrected chi connectivity index (χ3v) is 4.27. The van der Waals surface area contributed by atoms with E-state index >= 15 is 0 Å². The normalized spacial score (nSPS) is 11.8. The van der Waals surface area contributed by atoms with Crippen LogP contribution in [0.2, 0.25) is 0 Å². The number of hydrogen-bond donors (Lipinski definition) is 0. The van der Waals surface area contributed by atoms with Crippen LogP contribution in [0.25, 0.3) is 0 Å². The Balaban J connectivity index is 2.26. The fourth-order valence-corrected chi connectivity index (χ4v) is 2.70. The number of rotatable bonds is 5. The van der Waals surface area contributed by atoms with E-state index in [1.165, 1.54) is 0 Å². The molecular formula is C18H20BrNO2. The van der Waals surface area contributed by atoms with Crippen molar-refractivity contribution in [2.75, 3.05) is 13.7 Å². The van der Waals surface area contributed by atoms with Gasteiger partial charge in [0.2, 0.25) is 0 Å². The van der Waals surface area contributed by atoms with E-state index in [-0.39, 0.29) is 11.9 Å². The summed E-state index contributed by atoms with van der Waals surface area (Å²) in [5, 5.41) is 0. The lowest BCUT2D eigenvalue weighted by atomic mass is 10.1. The molecule has 0 spiro atoms. The average molecular weight is 362 g/mol. The second-order valence-corrected chi connectivity index (χ2v) is 5.97. The number of nitrogens with zero attached hydrogens (tertiary/aromatic N) is 1. The van der Waals surface area contributed by atoms with Crippen LogP contribution >= 0.6 is 15.9 Å². The predicted molar refractivity (Wildman–Crippen MR) is 92.3 cm³/mol. The van der Waals surface area contributed by atoms with E-state index in [0.717, 1.165) is 15.8 Å². The lowest BCUT2D eigenvalue weighted by molar-refractivity contribution is 0.0702. The van der Waals surface area contributed by atoms with Crippen LogP contribution in [0.15, 0.2) is 53.0 Å². The molecule has 2 aromatic carbocycles. The molecule has 0 aromatic heterocycles. The molecule has 0 aliphatic carbocycles. The van der Waals surface area contributed by atoms with Gasteiger partial charge < -0.3 is 9.64 Å². The number of benzene rings is 2. The average Bonchev–Trinajstić information content (AvgIpc) is 2.56. The monoisotopic (exact) mass is 361 g/mol. The Kier molecular flexibility index (Phi) is 5.61. The summed E-state index contributed by atoms with van der Waals surface area (Å²) >= 11 is 3.39. The van der Waals surface area contributed by atoms with Crippen molar-refractivity contribution < 1.29 is 9.53 Å². The standard InChI is InChI=1S/C18H20BrNO2/c1-4-20(18(21)14-8-10-16(19)11-9-14)13(2)15-6-5-7-17(12-15)22-3/h5-13H,4H2,1-3H3. The molecule has 1 atom stereocenters. The molecule has 0 radical (unpaired) electrons. The van der Waals surface area contributed by atoms with Gasteiger partial charge in [-0.05, 0) is 55.8 Å². The number of halogens is 1. The molecule has 3 nitrogen and oxygen atoms in total. The molecule has 0 aliphatic heterocycles. The summed E-state index contributed by atoms with van der Waals surface area (Å²) in [7, 11) is 1.65. The highest BCUT2D eigenvalue weighted by atomic mass is 79.9. The van der Waals surface area contributed by atoms with Gasteiger partial charge in [-0.3, -0.25) is 4.79 Å². The first-order chi connectivity index (χ1) is 10.6. The van der Waals surface area contributed by atoms with Gasteiger partial charge in [-0.1, -0.05) is 28.1 Å². The topological polar surface area (TPSA) is 29.5 Å². The van der Waals surface area contributed by atoms with Crippen molar-refractivity contribution in [3.8, 4) is 5.75 Å². The van der Waals surface area contributed by atoms with Gasteiger partial charge >= 0.3 is 0 Å². The Bertz CT molecular complexity index is 640. The van der Waals surface area contributed by atoms with Gasteiger partial charge in [-0.15, -0.1) is 0 Å². The number of ether oxygens (including phenoxy) is 1. The smallest absolute Gasteiger partial charge is 0.254 e. The van der Waals surface area contributed by atoms with Crippen molar-refractivity contribution >= 4 is 21.8 Å². The van der Waals surface area contributed by atoms with Crippen molar-refractivity contribution in [2.45, 2.75) is 19.9 Å². The highest BCUT2D eigenvalue weighted by Crippen LogP contribution is 2.25. The van der Waals surface area contributed by atoms with Crippen molar-refractivity contribution in [3.05, 3.63) is 64.1 Å². The zero-order valence-electron chi connectivity index (χ0n) is 13.0. The Morgan fingerprint density at radius 2 is 1.91 bits per heavy atom. The molecular weight excluding hydrogens is 342 g/mol. The largest absolute Gasteiger partial charge is 0.497 e. The molecule has 0 saturated heterocycles. The molecule has 1 amide bonds. The van der Waals surface area contributed by atoms with Crippen LogP contribution in [0.4, 0.5) is 0 Å². The van der Waals surface area contributed by atoms with Gasteiger partial charge in [0.15, 0.2) is 0 Å². The van der Waals surface area contributed by atoms with Crippen LogP contribution < -0.4 is 4.74 Å². The maximum atomic E-state index is 12.7. The predicted octanol–water partition coefficient (Wildman–Crippen LogP) is 4.68. The number of methoxy groups -OCH3 is 1. The maximum Gasteiger partial charge on any atom is 0.254 e. The van der Waals surface area contributed by atoms with Crippen LogP contribution in [0.5, 0.6) is 5.75 Å². The molecule has 116 valence electrons. The summed E-state index contributed by atoms with van der Waals surface area (Å²) in [5.41, 5.74) is 1.76. The molecule has 22 heavy (non-hydrogen) atoms. The maximum absolute atomic E-state index is 12.7. The van der Waals surface area contributed by atoms with E-state index < -0.39 is 0 Å². The number of hydrogen-bond acceptors (Lipinski definition) is 2. The van der Waals surface area contributed by atoms with Crippen LogP contribution in [-0.2, 0) is 0 Å². The van der Waals surface area contributed by atoms with Gasteiger partial charge in [0, 0.05) is 16.6 Å². The summed E-state index contributed by atoms with van der Waals surface area (Å²) in [6, 6.07) is 15.3. The quantitative estimate of drug-likeness (QED) is 0.773. The molecule has 0 fully saturated rings. The van der Waals surface area contributed by atoms with Crippen LogP contribution in [0, 0.1) is 0 Å². The van der Waals surface area contributed by atoms with E-state index in [0.29, 0.717) is 12.1 Å². The molecule has 0 saturated carbocycles. The van der Waals surface area contributed by atoms with Gasteiger partial charge in [0.1, 0.15) is 5.75 Å². The van der Waals surface area contributed by atoms with Crippen molar-refractivity contribution in [1.82, 2.24) is 4.90 Å². The van der Waals surface area contributed by atoms with E-state index in [9.17, 15) is 4.79 Å². The number of amides is 1. The van der Waals surface area contributed by atoms with Crippen molar-refractivity contribution in [3.63, 3.8) is 0 Å². The lowest BCUT2D eigenvalue weighted by Gasteiger charge is -2.28. The molecule has 0 bridgehead atoms. The van der Waals surface area contributed by atoms with E-state index in [4.69, 9.17) is 4.74 Å². The third kappa shape index (κ3) is 3.69. The van der Waals surface area contributed by atoms with E-state index in [2.05, 4.69) is 15.9 Å². The van der Waals surface area contributed by atoms with Crippen molar-refractivity contribution in [1.29, 1.82) is 0 Å². The summed E-state index contributed by atoms with van der Waals surface area (Å²) in [5.74, 6) is 0.835. The zero-order chi connectivity index (χ0) is 16.1. The van der Waals surface area contributed by atoms with Gasteiger partial charge in [-0.25, -0.2) is 0 Å². The third-order valence-electron chi connectivity index (χ3n) is 3.74. The minimum Gasteiger partial charge on any atom is -0.497 e.